The van der Waals surface area contributed by atoms with Crippen LogP contribution in [-0.2, 0) is 0 Å². The molecule has 0 aromatic carbocycles. The molecule has 1 aliphatic rings. The number of nitrogens with one attached hydrogen (secondary N) is 1. The zero-order valence-electron chi connectivity index (χ0n) is 6.64. The van der Waals surface area contributed by atoms with Crippen molar-refractivity contribution < 1.29 is 5.11 Å². The second-order valence-corrected chi connectivity index (χ2v) is 3.03. The van der Waals surface area contributed by atoms with Crippen LogP contribution in [0, 0.1) is 5.92 Å². The standard InChI is InChI=1S/C8H17NO/c1-2-7-3-4-8(7)9-5-6-10/h7-10H,2-6H2,1H3. The highest BCUT2D eigenvalue weighted by Gasteiger charge is 2.27. The van der Waals surface area contributed by atoms with Gasteiger partial charge in [0.25, 0.3) is 0 Å². The van der Waals surface area contributed by atoms with Crippen LogP contribution in [0.2, 0.25) is 0 Å². The highest BCUT2D eigenvalue weighted by atomic mass is 16.3. The van der Waals surface area contributed by atoms with Crippen molar-refractivity contribution in [1.29, 1.82) is 0 Å². The molecule has 0 saturated heterocycles. The lowest BCUT2D eigenvalue weighted by Gasteiger charge is -2.36. The van der Waals surface area contributed by atoms with Crippen LogP contribution >= 0.6 is 0 Å². The summed E-state index contributed by atoms with van der Waals surface area (Å²) in [5.41, 5.74) is 0. The molecule has 0 spiro atoms. The van der Waals surface area contributed by atoms with E-state index >= 15 is 0 Å². The molecule has 0 bridgehead atoms. The predicted molar refractivity (Wildman–Crippen MR) is 41.9 cm³/mol. The Labute approximate surface area is 62.6 Å². The summed E-state index contributed by atoms with van der Waals surface area (Å²) >= 11 is 0. The van der Waals surface area contributed by atoms with Crippen LogP contribution in [0.5, 0.6) is 0 Å². The normalized spacial score (nSPS) is 31.8. The van der Waals surface area contributed by atoms with Crippen LogP contribution < -0.4 is 5.32 Å². The molecular formula is C8H17NO. The summed E-state index contributed by atoms with van der Waals surface area (Å²) in [6.45, 7) is 3.27. The summed E-state index contributed by atoms with van der Waals surface area (Å²) < 4.78 is 0. The number of hydrogen-bond donors (Lipinski definition) is 2. The Hall–Kier alpha value is -0.0800. The molecule has 2 atom stereocenters. The van der Waals surface area contributed by atoms with Gasteiger partial charge in [0.1, 0.15) is 0 Å². The minimum Gasteiger partial charge on any atom is -0.395 e. The highest BCUT2D eigenvalue weighted by Crippen LogP contribution is 2.29. The summed E-state index contributed by atoms with van der Waals surface area (Å²) in [5.74, 6) is 0.881. The van der Waals surface area contributed by atoms with Gasteiger partial charge in [-0.2, -0.15) is 0 Å². The van der Waals surface area contributed by atoms with Gasteiger partial charge in [-0.05, 0) is 18.8 Å². The van der Waals surface area contributed by atoms with Gasteiger partial charge in [-0.25, -0.2) is 0 Å². The van der Waals surface area contributed by atoms with Crippen LogP contribution in [0.15, 0.2) is 0 Å². The molecule has 2 unspecified atom stereocenters. The van der Waals surface area contributed by atoms with Crippen LogP contribution in [0.3, 0.4) is 0 Å². The van der Waals surface area contributed by atoms with Gasteiger partial charge in [-0.3, -0.25) is 0 Å². The average Bonchev–Trinajstić information content (AvgIpc) is 1.88. The molecule has 1 fully saturated rings. The summed E-state index contributed by atoms with van der Waals surface area (Å²) in [5, 5.41) is 11.9. The molecule has 1 saturated carbocycles. The molecule has 0 amide bonds. The summed E-state index contributed by atoms with van der Waals surface area (Å²) in [6, 6.07) is 0.706. The Morgan fingerprint density at radius 3 is 2.70 bits per heavy atom. The Morgan fingerprint density at radius 2 is 2.30 bits per heavy atom. The maximum Gasteiger partial charge on any atom is 0.0556 e. The largest absolute Gasteiger partial charge is 0.395 e. The summed E-state index contributed by atoms with van der Waals surface area (Å²) in [4.78, 5) is 0. The van der Waals surface area contributed by atoms with Crippen molar-refractivity contribution in [3.63, 3.8) is 0 Å². The van der Waals surface area contributed by atoms with Crippen molar-refractivity contribution in [2.24, 2.45) is 5.92 Å². The smallest absolute Gasteiger partial charge is 0.0556 e. The summed E-state index contributed by atoms with van der Waals surface area (Å²) in [6.07, 6.45) is 3.96. The summed E-state index contributed by atoms with van der Waals surface area (Å²) in [7, 11) is 0. The van der Waals surface area contributed by atoms with Crippen molar-refractivity contribution in [3.05, 3.63) is 0 Å². The third-order valence-corrected chi connectivity index (χ3v) is 2.46. The van der Waals surface area contributed by atoms with Gasteiger partial charge in [0, 0.05) is 12.6 Å². The second kappa shape index (κ2) is 3.94. The van der Waals surface area contributed by atoms with Gasteiger partial charge in [0.05, 0.1) is 6.61 Å². The van der Waals surface area contributed by atoms with Crippen molar-refractivity contribution in [1.82, 2.24) is 5.32 Å². The molecule has 10 heavy (non-hydrogen) atoms. The van der Waals surface area contributed by atoms with E-state index in [0.29, 0.717) is 6.04 Å². The minimum atomic E-state index is 0.271. The lowest BCUT2D eigenvalue weighted by molar-refractivity contribution is 0.187. The maximum atomic E-state index is 8.53. The maximum absolute atomic E-state index is 8.53. The molecule has 0 aromatic heterocycles. The highest BCUT2D eigenvalue weighted by molar-refractivity contribution is 4.85. The van der Waals surface area contributed by atoms with E-state index in [0.717, 1.165) is 12.5 Å². The lowest BCUT2D eigenvalue weighted by Crippen LogP contribution is -2.44. The molecule has 0 radical (unpaired) electrons. The Kier molecular flexibility index (Phi) is 3.16. The Balaban J connectivity index is 2.05. The molecule has 0 aliphatic heterocycles. The first-order chi connectivity index (χ1) is 4.88. The Bertz CT molecular complexity index is 93.3. The van der Waals surface area contributed by atoms with E-state index in [1.807, 2.05) is 0 Å². The quantitative estimate of drug-likeness (QED) is 0.609. The van der Waals surface area contributed by atoms with E-state index in [9.17, 15) is 0 Å². The van der Waals surface area contributed by atoms with Gasteiger partial charge in [-0.15, -0.1) is 0 Å². The molecule has 2 nitrogen and oxygen atoms in total. The molecule has 1 aliphatic carbocycles. The third-order valence-electron chi connectivity index (χ3n) is 2.46. The van der Waals surface area contributed by atoms with E-state index in [2.05, 4.69) is 12.2 Å². The van der Waals surface area contributed by atoms with Crippen LogP contribution in [0.4, 0.5) is 0 Å². The number of hydrogen-bond acceptors (Lipinski definition) is 2. The topological polar surface area (TPSA) is 32.3 Å². The van der Waals surface area contributed by atoms with Gasteiger partial charge < -0.3 is 10.4 Å². The van der Waals surface area contributed by atoms with Crippen molar-refractivity contribution >= 4 is 0 Å². The van der Waals surface area contributed by atoms with Crippen molar-refractivity contribution in [2.45, 2.75) is 32.2 Å². The average molecular weight is 143 g/mol. The molecule has 0 aromatic rings. The fourth-order valence-electron chi connectivity index (χ4n) is 1.58. The number of aliphatic hydroxyl groups excluding tert-OH is 1. The first-order valence-electron chi connectivity index (χ1n) is 4.22. The van der Waals surface area contributed by atoms with E-state index in [1.54, 1.807) is 0 Å². The minimum absolute atomic E-state index is 0.271. The molecule has 2 N–H and O–H groups in total. The molecular weight excluding hydrogens is 126 g/mol. The van der Waals surface area contributed by atoms with Crippen LogP contribution in [0.1, 0.15) is 26.2 Å². The van der Waals surface area contributed by atoms with E-state index in [1.165, 1.54) is 19.3 Å². The van der Waals surface area contributed by atoms with Crippen molar-refractivity contribution in [3.8, 4) is 0 Å². The van der Waals surface area contributed by atoms with Gasteiger partial charge >= 0.3 is 0 Å². The fraction of sp³-hybridized carbons (Fsp3) is 1.00. The zero-order valence-corrected chi connectivity index (χ0v) is 6.64. The first kappa shape index (κ1) is 8.02. The number of aliphatic hydroxyl groups is 1. The second-order valence-electron chi connectivity index (χ2n) is 3.03. The molecule has 1 rings (SSSR count). The third kappa shape index (κ3) is 1.70. The van der Waals surface area contributed by atoms with Gasteiger partial charge in [-0.1, -0.05) is 13.3 Å². The first-order valence-corrected chi connectivity index (χ1v) is 4.22. The monoisotopic (exact) mass is 143 g/mol. The predicted octanol–water partition coefficient (Wildman–Crippen LogP) is 0.757. The van der Waals surface area contributed by atoms with E-state index in [4.69, 9.17) is 5.11 Å². The molecule has 2 heteroatoms. The molecule has 0 heterocycles. The Morgan fingerprint density at radius 1 is 1.50 bits per heavy atom. The van der Waals surface area contributed by atoms with E-state index < -0.39 is 0 Å². The lowest BCUT2D eigenvalue weighted by atomic mass is 9.78. The van der Waals surface area contributed by atoms with E-state index in [-0.39, 0.29) is 6.61 Å². The van der Waals surface area contributed by atoms with Crippen LogP contribution in [0.25, 0.3) is 0 Å². The van der Waals surface area contributed by atoms with Crippen molar-refractivity contribution in [2.75, 3.05) is 13.2 Å². The SMILES string of the molecule is CCC1CCC1NCCO. The van der Waals surface area contributed by atoms with Gasteiger partial charge in [0.15, 0.2) is 0 Å². The number of rotatable bonds is 4. The van der Waals surface area contributed by atoms with Gasteiger partial charge in [0.2, 0.25) is 0 Å². The van der Waals surface area contributed by atoms with Crippen LogP contribution in [-0.4, -0.2) is 24.3 Å². The molecule has 60 valence electrons. The zero-order chi connectivity index (χ0) is 7.40. The fourth-order valence-corrected chi connectivity index (χ4v) is 1.58.